The molecule has 0 spiro atoms. The normalized spacial score (nSPS) is 13.6. The van der Waals surface area contributed by atoms with Crippen LogP contribution in [-0.4, -0.2) is 14.5 Å². The molecule has 1 aliphatic rings. The van der Waals surface area contributed by atoms with Gasteiger partial charge >= 0.3 is 0 Å². The Morgan fingerprint density at radius 3 is 2.08 bits per heavy atom. The number of aromatic nitrogens is 3. The van der Waals surface area contributed by atoms with E-state index >= 15 is 0 Å². The molecule has 0 radical (unpaired) electrons. The van der Waals surface area contributed by atoms with E-state index < -0.39 is 0 Å². The van der Waals surface area contributed by atoms with Crippen LogP contribution in [0.4, 0.5) is 17.1 Å². The van der Waals surface area contributed by atoms with Crippen molar-refractivity contribution in [3.05, 3.63) is 224 Å². The Balaban J connectivity index is 1.06. The summed E-state index contributed by atoms with van der Waals surface area (Å²) in [6.45, 7) is 8.90. The molecule has 2 aromatic heterocycles. The van der Waals surface area contributed by atoms with Crippen LogP contribution in [0.25, 0.3) is 77.6 Å². The fourth-order valence-corrected chi connectivity index (χ4v) is 9.38. The molecule has 4 heteroatoms. The summed E-state index contributed by atoms with van der Waals surface area (Å²) in [5, 5.41) is 5.93. The Labute approximate surface area is 355 Å². The molecule has 290 valence electrons. The van der Waals surface area contributed by atoms with Gasteiger partial charge in [-0.1, -0.05) is 160 Å². The van der Waals surface area contributed by atoms with Crippen LogP contribution in [0.2, 0.25) is 0 Å². The Morgan fingerprint density at radius 1 is 0.557 bits per heavy atom. The minimum Gasteiger partial charge on any atom is -0.316 e. The predicted molar refractivity (Wildman–Crippen MR) is 258 cm³/mol. The minimum atomic E-state index is -0.209. The third kappa shape index (κ3) is 5.98. The van der Waals surface area contributed by atoms with E-state index in [1.165, 1.54) is 55.2 Å². The maximum atomic E-state index is 5.12. The number of rotatable bonds is 7. The highest BCUT2D eigenvalue weighted by atomic mass is 15.2. The van der Waals surface area contributed by atoms with Crippen LogP contribution in [0.15, 0.2) is 207 Å². The number of benzene rings is 8. The molecule has 1 aliphatic heterocycles. The lowest BCUT2D eigenvalue weighted by molar-refractivity contribution is 0.632. The molecule has 0 N–H and O–H groups in total. The van der Waals surface area contributed by atoms with Gasteiger partial charge in [0.1, 0.15) is 0 Å². The quantitative estimate of drug-likeness (QED) is 0.151. The summed E-state index contributed by atoms with van der Waals surface area (Å²) in [7, 11) is 0. The van der Waals surface area contributed by atoms with Crippen LogP contribution in [-0.2, 0) is 5.41 Å². The molecular weight excluding hydrogens is 741 g/mol. The molecule has 4 nitrogen and oxygen atoms in total. The van der Waals surface area contributed by atoms with Crippen molar-refractivity contribution < 1.29 is 0 Å². The largest absolute Gasteiger partial charge is 0.316 e. The SMILES string of the molecule is C=C/C(=C\C=C\n1c2cc(-c3ccc4c(c3)C(C)(C)c3ccccc3N4c3ccccc3)ccc2c2c3ccccc3ccc21)c1nc(-c2ccccc2)c2ccccc2n1. The van der Waals surface area contributed by atoms with Gasteiger partial charge in [-0.15, -0.1) is 0 Å². The van der Waals surface area contributed by atoms with Crippen molar-refractivity contribution in [1.82, 2.24) is 14.5 Å². The minimum absolute atomic E-state index is 0.209. The molecule has 0 fully saturated rings. The van der Waals surface area contributed by atoms with Crippen LogP contribution in [0.1, 0.15) is 30.8 Å². The molecule has 0 unspecified atom stereocenters. The van der Waals surface area contributed by atoms with Crippen molar-refractivity contribution in [2.45, 2.75) is 19.3 Å². The Hall–Kier alpha value is -7.82. The highest BCUT2D eigenvalue weighted by Crippen LogP contribution is 2.52. The molecule has 0 aliphatic carbocycles. The number of allylic oxidation sites excluding steroid dienone is 4. The van der Waals surface area contributed by atoms with E-state index in [-0.39, 0.29) is 5.41 Å². The standard InChI is InChI=1S/C57H42N4/c1-4-38(56-58-49-27-15-13-25-45(49)55(59-56)40-19-7-5-8-20-40)21-17-35-60-52-34-30-39-18-11-12-24-44(39)54(52)46-32-29-42(37-53(46)60)41-31-33-51-48(36-41)57(2,3)47-26-14-16-28-50(47)61(51)43-22-9-6-10-23-43/h4-37H,1H2,2-3H3/b35-17+,38-21+. The topological polar surface area (TPSA) is 34.0 Å². The highest BCUT2D eigenvalue weighted by molar-refractivity contribution is 6.21. The zero-order valence-electron chi connectivity index (χ0n) is 34.1. The van der Waals surface area contributed by atoms with Crippen molar-refractivity contribution >= 4 is 72.3 Å². The van der Waals surface area contributed by atoms with Crippen molar-refractivity contribution in [1.29, 1.82) is 0 Å². The molecule has 10 aromatic rings. The van der Waals surface area contributed by atoms with E-state index in [1.54, 1.807) is 0 Å². The summed E-state index contributed by atoms with van der Waals surface area (Å²) in [5.74, 6) is 0.636. The summed E-state index contributed by atoms with van der Waals surface area (Å²) < 4.78 is 2.32. The van der Waals surface area contributed by atoms with E-state index in [9.17, 15) is 0 Å². The van der Waals surface area contributed by atoms with E-state index in [1.807, 2.05) is 42.5 Å². The lowest BCUT2D eigenvalue weighted by Gasteiger charge is -2.42. The second kappa shape index (κ2) is 14.5. The first kappa shape index (κ1) is 36.3. The van der Waals surface area contributed by atoms with E-state index in [0.29, 0.717) is 5.82 Å². The molecule has 8 aromatic carbocycles. The van der Waals surface area contributed by atoms with Crippen LogP contribution in [0.3, 0.4) is 0 Å². The molecule has 0 saturated heterocycles. The molecule has 0 saturated carbocycles. The molecule has 61 heavy (non-hydrogen) atoms. The Bertz CT molecular complexity index is 3410. The molecule has 3 heterocycles. The number of hydrogen-bond donors (Lipinski definition) is 0. The van der Waals surface area contributed by atoms with Gasteiger partial charge in [-0.2, -0.15) is 0 Å². The predicted octanol–water partition coefficient (Wildman–Crippen LogP) is 15.1. The Morgan fingerprint density at radius 2 is 1.25 bits per heavy atom. The van der Waals surface area contributed by atoms with Crippen molar-refractivity contribution in [3.8, 4) is 22.4 Å². The molecule has 11 rings (SSSR count). The van der Waals surface area contributed by atoms with Gasteiger partial charge in [0, 0.05) is 44.6 Å². The number of fused-ring (bicyclic) bond motifs is 8. The van der Waals surface area contributed by atoms with Crippen molar-refractivity contribution in [2.24, 2.45) is 0 Å². The molecule has 0 amide bonds. The number of anilines is 3. The molecule has 0 bridgehead atoms. The van der Waals surface area contributed by atoms with Gasteiger partial charge < -0.3 is 9.47 Å². The first-order chi connectivity index (χ1) is 30.0. The van der Waals surface area contributed by atoms with Gasteiger partial charge in [-0.25, -0.2) is 9.97 Å². The molecular formula is C57H42N4. The average Bonchev–Trinajstić information content (AvgIpc) is 3.63. The summed E-state index contributed by atoms with van der Waals surface area (Å²) in [5.41, 5.74) is 14.3. The monoisotopic (exact) mass is 782 g/mol. The first-order valence-corrected chi connectivity index (χ1v) is 20.9. The van der Waals surface area contributed by atoms with Gasteiger partial charge in [0.15, 0.2) is 5.82 Å². The van der Waals surface area contributed by atoms with E-state index in [2.05, 4.69) is 194 Å². The lowest BCUT2D eigenvalue weighted by atomic mass is 9.73. The maximum Gasteiger partial charge on any atom is 0.160 e. The zero-order chi connectivity index (χ0) is 41.1. The third-order valence-corrected chi connectivity index (χ3v) is 12.4. The number of hydrogen-bond acceptors (Lipinski definition) is 3. The summed E-state index contributed by atoms with van der Waals surface area (Å²) in [4.78, 5) is 12.5. The van der Waals surface area contributed by atoms with Crippen LogP contribution in [0, 0.1) is 0 Å². The van der Waals surface area contributed by atoms with Gasteiger partial charge in [-0.05, 0) is 93.7 Å². The smallest absolute Gasteiger partial charge is 0.160 e. The second-order valence-corrected chi connectivity index (χ2v) is 16.3. The summed E-state index contributed by atoms with van der Waals surface area (Å²) in [6.07, 6.45) is 8.16. The Kier molecular flexibility index (Phi) is 8.61. The van der Waals surface area contributed by atoms with Gasteiger partial charge in [0.05, 0.1) is 33.6 Å². The fourth-order valence-electron chi connectivity index (χ4n) is 9.38. The van der Waals surface area contributed by atoms with Crippen LogP contribution >= 0.6 is 0 Å². The highest BCUT2D eigenvalue weighted by Gasteiger charge is 2.37. The summed E-state index contributed by atoms with van der Waals surface area (Å²) >= 11 is 0. The fraction of sp³-hybridized carbons (Fsp3) is 0.0526. The van der Waals surface area contributed by atoms with Crippen LogP contribution in [0.5, 0.6) is 0 Å². The second-order valence-electron chi connectivity index (χ2n) is 16.3. The number of para-hydroxylation sites is 3. The first-order valence-electron chi connectivity index (χ1n) is 20.9. The zero-order valence-corrected chi connectivity index (χ0v) is 34.1. The molecule has 0 atom stereocenters. The van der Waals surface area contributed by atoms with Gasteiger partial charge in [0.2, 0.25) is 0 Å². The van der Waals surface area contributed by atoms with Gasteiger partial charge in [0.25, 0.3) is 0 Å². The van der Waals surface area contributed by atoms with Gasteiger partial charge in [-0.3, -0.25) is 0 Å². The maximum absolute atomic E-state index is 5.12. The average molecular weight is 783 g/mol. The summed E-state index contributed by atoms with van der Waals surface area (Å²) in [6, 6.07) is 65.1. The van der Waals surface area contributed by atoms with Crippen molar-refractivity contribution in [2.75, 3.05) is 4.90 Å². The van der Waals surface area contributed by atoms with E-state index in [0.717, 1.165) is 44.5 Å². The third-order valence-electron chi connectivity index (χ3n) is 12.4. The van der Waals surface area contributed by atoms with Crippen molar-refractivity contribution in [3.63, 3.8) is 0 Å². The van der Waals surface area contributed by atoms with Crippen LogP contribution < -0.4 is 4.90 Å². The number of nitrogens with zero attached hydrogens (tertiary/aromatic N) is 4. The van der Waals surface area contributed by atoms with E-state index in [4.69, 9.17) is 9.97 Å². The lowest BCUT2D eigenvalue weighted by Crippen LogP contribution is -2.30.